The van der Waals surface area contributed by atoms with Crippen molar-refractivity contribution in [2.75, 3.05) is 13.6 Å². The normalized spacial score (nSPS) is 17.7. The Bertz CT molecular complexity index is 704. The summed E-state index contributed by atoms with van der Waals surface area (Å²) in [5.41, 5.74) is 1.15. The number of hydrogen-bond donors (Lipinski definition) is 0. The second-order valence-corrected chi connectivity index (χ2v) is 6.81. The second kappa shape index (κ2) is 7.79. The van der Waals surface area contributed by atoms with E-state index in [1.54, 1.807) is 4.68 Å². The molecule has 130 valence electrons. The van der Waals surface area contributed by atoms with Crippen LogP contribution in [0.2, 0.25) is 0 Å². The highest BCUT2D eigenvalue weighted by Gasteiger charge is 2.23. The van der Waals surface area contributed by atoms with Crippen LogP contribution in [-0.2, 0) is 19.5 Å². The van der Waals surface area contributed by atoms with Crippen molar-refractivity contribution in [2.45, 2.75) is 58.2 Å². The quantitative estimate of drug-likeness (QED) is 0.818. The molecule has 2 heterocycles. The largest absolute Gasteiger partial charge is 0.346 e. The van der Waals surface area contributed by atoms with Gasteiger partial charge < -0.3 is 4.90 Å². The third-order valence-corrected chi connectivity index (χ3v) is 5.05. The molecule has 0 aliphatic carbocycles. The van der Waals surface area contributed by atoms with E-state index in [1.165, 1.54) is 12.8 Å². The van der Waals surface area contributed by atoms with Crippen molar-refractivity contribution < 1.29 is 0 Å². The fraction of sp³-hybridized carbons (Fsp3) is 0.579. The van der Waals surface area contributed by atoms with Crippen molar-refractivity contribution >= 4 is 0 Å². The van der Waals surface area contributed by atoms with E-state index in [1.807, 2.05) is 34.9 Å². The first-order valence-electron chi connectivity index (χ1n) is 9.09. The van der Waals surface area contributed by atoms with Crippen LogP contribution < -0.4 is 5.69 Å². The minimum Gasteiger partial charge on any atom is -0.303 e. The van der Waals surface area contributed by atoms with Crippen LogP contribution in [0.5, 0.6) is 0 Å². The number of aromatic nitrogens is 3. The summed E-state index contributed by atoms with van der Waals surface area (Å²) < 4.78 is 3.50. The molecule has 1 aliphatic rings. The minimum atomic E-state index is 0.0331. The summed E-state index contributed by atoms with van der Waals surface area (Å²) in [5, 5.41) is 4.61. The van der Waals surface area contributed by atoms with Crippen molar-refractivity contribution in [1.82, 2.24) is 19.2 Å². The monoisotopic (exact) mass is 328 g/mol. The summed E-state index contributed by atoms with van der Waals surface area (Å²) >= 11 is 0. The topological polar surface area (TPSA) is 43.1 Å². The molecule has 1 atom stereocenters. The summed E-state index contributed by atoms with van der Waals surface area (Å²) in [6.45, 7) is 4.71. The second-order valence-electron chi connectivity index (χ2n) is 6.81. The molecule has 1 aromatic heterocycles. The molecule has 0 saturated carbocycles. The maximum absolute atomic E-state index is 12.7. The van der Waals surface area contributed by atoms with Gasteiger partial charge >= 0.3 is 5.69 Å². The van der Waals surface area contributed by atoms with Gasteiger partial charge in [-0.05, 0) is 38.4 Å². The highest BCUT2D eigenvalue weighted by Crippen LogP contribution is 2.17. The van der Waals surface area contributed by atoms with Gasteiger partial charge in [0.15, 0.2) is 0 Å². The molecular formula is C19H28N4O. The third-order valence-electron chi connectivity index (χ3n) is 5.05. The van der Waals surface area contributed by atoms with Gasteiger partial charge in [-0.1, -0.05) is 43.7 Å². The first-order chi connectivity index (χ1) is 11.7. The third kappa shape index (κ3) is 3.78. The number of fused-ring (bicyclic) bond motifs is 1. The Kier molecular flexibility index (Phi) is 5.51. The molecule has 2 aromatic rings. The Labute approximate surface area is 143 Å². The average molecular weight is 328 g/mol. The molecule has 0 bridgehead atoms. The molecule has 5 heteroatoms. The molecule has 0 radical (unpaired) electrons. The highest BCUT2D eigenvalue weighted by atomic mass is 16.2. The van der Waals surface area contributed by atoms with Gasteiger partial charge in [-0.3, -0.25) is 4.57 Å². The maximum Gasteiger partial charge on any atom is 0.346 e. The van der Waals surface area contributed by atoms with Crippen molar-refractivity contribution in [3.05, 3.63) is 52.2 Å². The Morgan fingerprint density at radius 3 is 2.79 bits per heavy atom. The van der Waals surface area contributed by atoms with Crippen LogP contribution in [0.3, 0.4) is 0 Å². The lowest BCUT2D eigenvalue weighted by atomic mass is 10.1. The summed E-state index contributed by atoms with van der Waals surface area (Å²) in [6, 6.07) is 10.6. The van der Waals surface area contributed by atoms with E-state index in [0.717, 1.165) is 43.7 Å². The molecular weight excluding hydrogens is 300 g/mol. The van der Waals surface area contributed by atoms with Crippen LogP contribution in [0, 0.1) is 0 Å². The SMILES string of the molecule is CCCCN(C)C1CCc2nn(Cc3ccccc3)c(=O)n2CC1. The lowest BCUT2D eigenvalue weighted by Crippen LogP contribution is -2.33. The summed E-state index contributed by atoms with van der Waals surface area (Å²) in [6.07, 6.45) is 5.47. The lowest BCUT2D eigenvalue weighted by Gasteiger charge is -2.26. The van der Waals surface area contributed by atoms with Crippen molar-refractivity contribution in [2.24, 2.45) is 0 Å². The number of nitrogens with zero attached hydrogens (tertiary/aromatic N) is 4. The molecule has 0 amide bonds. The van der Waals surface area contributed by atoms with Gasteiger partial charge in [-0.15, -0.1) is 0 Å². The van der Waals surface area contributed by atoms with E-state index in [-0.39, 0.29) is 5.69 Å². The fourth-order valence-corrected chi connectivity index (χ4v) is 3.50. The van der Waals surface area contributed by atoms with E-state index in [4.69, 9.17) is 0 Å². The summed E-state index contributed by atoms with van der Waals surface area (Å²) in [5.74, 6) is 0.947. The van der Waals surface area contributed by atoms with Crippen molar-refractivity contribution in [3.8, 4) is 0 Å². The molecule has 3 rings (SSSR count). The Morgan fingerprint density at radius 2 is 2.04 bits per heavy atom. The molecule has 1 unspecified atom stereocenters. The molecule has 1 aromatic carbocycles. The van der Waals surface area contributed by atoms with Gasteiger partial charge in [0.2, 0.25) is 0 Å². The average Bonchev–Trinajstić information content (AvgIpc) is 2.77. The Hall–Kier alpha value is -1.88. The Balaban J connectivity index is 1.70. The molecule has 0 fully saturated rings. The molecule has 5 nitrogen and oxygen atoms in total. The van der Waals surface area contributed by atoms with Crippen LogP contribution in [0.25, 0.3) is 0 Å². The maximum atomic E-state index is 12.7. The van der Waals surface area contributed by atoms with E-state index in [0.29, 0.717) is 12.6 Å². The fourth-order valence-electron chi connectivity index (χ4n) is 3.50. The molecule has 1 aliphatic heterocycles. The molecule has 0 N–H and O–H groups in total. The van der Waals surface area contributed by atoms with E-state index in [9.17, 15) is 4.79 Å². The van der Waals surface area contributed by atoms with Gasteiger partial charge in [0, 0.05) is 19.0 Å². The Morgan fingerprint density at radius 1 is 1.25 bits per heavy atom. The molecule has 0 saturated heterocycles. The smallest absolute Gasteiger partial charge is 0.303 e. The number of aryl methyl sites for hydroxylation is 1. The number of rotatable bonds is 6. The van der Waals surface area contributed by atoms with Crippen molar-refractivity contribution in [1.29, 1.82) is 0 Å². The molecule has 24 heavy (non-hydrogen) atoms. The zero-order valence-electron chi connectivity index (χ0n) is 14.8. The predicted molar refractivity (Wildman–Crippen MR) is 96.3 cm³/mol. The van der Waals surface area contributed by atoms with Crippen LogP contribution >= 0.6 is 0 Å². The van der Waals surface area contributed by atoms with Crippen LogP contribution in [-0.4, -0.2) is 38.9 Å². The van der Waals surface area contributed by atoms with Crippen LogP contribution in [0.1, 0.15) is 44.0 Å². The first-order valence-corrected chi connectivity index (χ1v) is 9.09. The van der Waals surface area contributed by atoms with Crippen LogP contribution in [0.4, 0.5) is 0 Å². The van der Waals surface area contributed by atoms with Crippen LogP contribution in [0.15, 0.2) is 35.1 Å². The van der Waals surface area contributed by atoms with Gasteiger partial charge in [-0.25, -0.2) is 9.48 Å². The highest BCUT2D eigenvalue weighted by molar-refractivity contribution is 5.14. The first kappa shape index (κ1) is 17.0. The van der Waals surface area contributed by atoms with Gasteiger partial charge in [-0.2, -0.15) is 5.10 Å². The van der Waals surface area contributed by atoms with E-state index < -0.39 is 0 Å². The number of benzene rings is 1. The van der Waals surface area contributed by atoms with Gasteiger partial charge in [0.25, 0.3) is 0 Å². The summed E-state index contributed by atoms with van der Waals surface area (Å²) in [4.78, 5) is 15.1. The van der Waals surface area contributed by atoms with Gasteiger partial charge in [0.1, 0.15) is 5.82 Å². The lowest BCUT2D eigenvalue weighted by molar-refractivity contribution is 0.215. The predicted octanol–water partition coefficient (Wildman–Crippen LogP) is 2.53. The van der Waals surface area contributed by atoms with E-state index >= 15 is 0 Å². The zero-order chi connectivity index (χ0) is 16.9. The van der Waals surface area contributed by atoms with Gasteiger partial charge in [0.05, 0.1) is 6.54 Å². The zero-order valence-corrected chi connectivity index (χ0v) is 14.8. The van der Waals surface area contributed by atoms with E-state index in [2.05, 4.69) is 24.0 Å². The standard InChI is InChI=1S/C19H28N4O/c1-3-4-13-21(2)17-10-11-18-20-23(19(24)22(18)14-12-17)15-16-8-6-5-7-9-16/h5-9,17H,3-4,10-15H2,1-2H3. The van der Waals surface area contributed by atoms with Crippen molar-refractivity contribution in [3.63, 3.8) is 0 Å². The minimum absolute atomic E-state index is 0.0331. The molecule has 0 spiro atoms. The number of unbranched alkanes of at least 4 members (excludes halogenated alkanes) is 1. The number of hydrogen-bond acceptors (Lipinski definition) is 3. The summed E-state index contributed by atoms with van der Waals surface area (Å²) in [7, 11) is 2.21.